The molecule has 2 atom stereocenters. The summed E-state index contributed by atoms with van der Waals surface area (Å²) in [6, 6.07) is 16.4. The predicted molar refractivity (Wildman–Crippen MR) is 145 cm³/mol. The van der Waals surface area contributed by atoms with Gasteiger partial charge in [-0.05, 0) is 44.0 Å². The number of carbonyl (C=O) groups excluding carboxylic acids is 2. The number of H-pyrrole nitrogens is 1. The largest absolute Gasteiger partial charge is 0.489 e. The summed E-state index contributed by atoms with van der Waals surface area (Å²) in [5.41, 5.74) is 2.42. The Balaban J connectivity index is 1.70. The minimum atomic E-state index is -0.735. The lowest BCUT2D eigenvalue weighted by Gasteiger charge is -2.28. The van der Waals surface area contributed by atoms with Crippen LogP contribution in [0, 0.1) is 0 Å². The standard InChI is InChI=1S/C29H39N5O3/c1-20(2)32-26(16-23-17-30-19-31-23)27(35)33-25(28(36)34-29(3,4)5)15-21-11-13-24(14-12-21)37-18-22-9-7-6-8-10-22/h6-14,17,19-20,25-26,32H,15-16,18H2,1-5H3,(H,30,31)(H,33,35)(H,34,36)/t25-,26+/m1/s1. The summed E-state index contributed by atoms with van der Waals surface area (Å²) in [7, 11) is 0. The van der Waals surface area contributed by atoms with Crippen LogP contribution in [0.1, 0.15) is 51.4 Å². The number of hydrogen-bond acceptors (Lipinski definition) is 5. The summed E-state index contributed by atoms with van der Waals surface area (Å²) in [5.74, 6) is 0.281. The number of imidazole rings is 1. The average Bonchev–Trinajstić information content (AvgIpc) is 3.35. The zero-order chi connectivity index (χ0) is 26.8. The van der Waals surface area contributed by atoms with Crippen LogP contribution in [0.3, 0.4) is 0 Å². The third kappa shape index (κ3) is 9.73. The fourth-order valence-electron chi connectivity index (χ4n) is 3.88. The number of nitrogens with one attached hydrogen (secondary N) is 4. The molecule has 0 spiro atoms. The molecule has 37 heavy (non-hydrogen) atoms. The van der Waals surface area contributed by atoms with Gasteiger partial charge in [0, 0.05) is 36.3 Å². The molecule has 0 aliphatic heterocycles. The zero-order valence-electron chi connectivity index (χ0n) is 22.4. The summed E-state index contributed by atoms with van der Waals surface area (Å²) >= 11 is 0. The van der Waals surface area contributed by atoms with Crippen molar-refractivity contribution in [1.82, 2.24) is 25.9 Å². The Morgan fingerprint density at radius 3 is 2.22 bits per heavy atom. The van der Waals surface area contributed by atoms with Crippen molar-refractivity contribution in [1.29, 1.82) is 0 Å². The van der Waals surface area contributed by atoms with Gasteiger partial charge in [-0.25, -0.2) is 4.98 Å². The van der Waals surface area contributed by atoms with Crippen molar-refractivity contribution >= 4 is 11.8 Å². The van der Waals surface area contributed by atoms with Crippen LogP contribution in [-0.4, -0.2) is 45.4 Å². The maximum atomic E-state index is 13.3. The molecule has 0 aliphatic rings. The van der Waals surface area contributed by atoms with Gasteiger partial charge < -0.3 is 25.7 Å². The molecule has 3 aromatic rings. The summed E-state index contributed by atoms with van der Waals surface area (Å²) in [6.45, 7) is 10.2. The van der Waals surface area contributed by atoms with E-state index in [-0.39, 0.29) is 17.9 Å². The van der Waals surface area contributed by atoms with E-state index in [2.05, 4.69) is 25.9 Å². The molecule has 0 fully saturated rings. The molecule has 1 aromatic heterocycles. The smallest absolute Gasteiger partial charge is 0.243 e. The fourth-order valence-corrected chi connectivity index (χ4v) is 3.88. The van der Waals surface area contributed by atoms with Crippen LogP contribution in [-0.2, 0) is 29.0 Å². The highest BCUT2D eigenvalue weighted by molar-refractivity contribution is 5.90. The lowest BCUT2D eigenvalue weighted by atomic mass is 10.0. The normalized spacial score (nSPS) is 13.1. The van der Waals surface area contributed by atoms with E-state index in [1.54, 1.807) is 12.5 Å². The van der Waals surface area contributed by atoms with E-state index in [1.807, 2.05) is 89.2 Å². The van der Waals surface area contributed by atoms with Crippen molar-refractivity contribution in [3.8, 4) is 5.75 Å². The molecule has 198 valence electrons. The van der Waals surface area contributed by atoms with Gasteiger partial charge in [0.2, 0.25) is 11.8 Å². The second-order valence-corrected chi connectivity index (χ2v) is 10.6. The van der Waals surface area contributed by atoms with Crippen LogP contribution < -0.4 is 20.7 Å². The molecular formula is C29H39N5O3. The Bertz CT molecular complexity index is 1110. The molecule has 8 nitrogen and oxygen atoms in total. The van der Waals surface area contributed by atoms with Gasteiger partial charge in [-0.3, -0.25) is 9.59 Å². The Morgan fingerprint density at radius 1 is 0.919 bits per heavy atom. The van der Waals surface area contributed by atoms with Crippen molar-refractivity contribution < 1.29 is 14.3 Å². The number of rotatable bonds is 12. The number of carbonyl (C=O) groups is 2. The first-order chi connectivity index (χ1) is 17.6. The van der Waals surface area contributed by atoms with E-state index in [4.69, 9.17) is 4.74 Å². The quantitative estimate of drug-likeness (QED) is 0.301. The van der Waals surface area contributed by atoms with Crippen LogP contribution >= 0.6 is 0 Å². The Kier molecular flexibility index (Phi) is 9.85. The van der Waals surface area contributed by atoms with Crippen molar-refractivity contribution in [2.45, 2.75) is 77.7 Å². The van der Waals surface area contributed by atoms with Crippen LogP contribution in [0.15, 0.2) is 67.1 Å². The second kappa shape index (κ2) is 13.1. The zero-order valence-corrected chi connectivity index (χ0v) is 22.4. The van der Waals surface area contributed by atoms with Gasteiger partial charge in [0.1, 0.15) is 18.4 Å². The Hall–Kier alpha value is -3.65. The van der Waals surface area contributed by atoms with Crippen molar-refractivity contribution in [3.63, 3.8) is 0 Å². The summed E-state index contributed by atoms with van der Waals surface area (Å²) < 4.78 is 5.88. The molecule has 0 radical (unpaired) electrons. The van der Waals surface area contributed by atoms with E-state index < -0.39 is 17.6 Å². The monoisotopic (exact) mass is 505 g/mol. The molecule has 0 saturated heterocycles. The van der Waals surface area contributed by atoms with Crippen LogP contribution in [0.5, 0.6) is 5.75 Å². The van der Waals surface area contributed by atoms with E-state index in [0.717, 1.165) is 22.6 Å². The SMILES string of the molecule is CC(C)N[C@@H](Cc1cnc[nH]1)C(=O)N[C@H](Cc1ccc(OCc2ccccc2)cc1)C(=O)NC(C)(C)C. The number of nitrogens with zero attached hydrogens (tertiary/aromatic N) is 1. The van der Waals surface area contributed by atoms with Crippen molar-refractivity contribution in [2.24, 2.45) is 0 Å². The van der Waals surface area contributed by atoms with Gasteiger partial charge in [-0.15, -0.1) is 0 Å². The summed E-state index contributed by atoms with van der Waals surface area (Å²) in [4.78, 5) is 33.6. The number of amides is 2. The van der Waals surface area contributed by atoms with Gasteiger partial charge >= 0.3 is 0 Å². The van der Waals surface area contributed by atoms with Gasteiger partial charge in [0.15, 0.2) is 0 Å². The number of aromatic amines is 1. The first kappa shape index (κ1) is 27.9. The third-order valence-electron chi connectivity index (χ3n) is 5.57. The lowest BCUT2D eigenvalue weighted by molar-refractivity contribution is -0.130. The predicted octanol–water partition coefficient (Wildman–Crippen LogP) is 3.54. The highest BCUT2D eigenvalue weighted by Gasteiger charge is 2.28. The molecular weight excluding hydrogens is 466 g/mol. The van der Waals surface area contributed by atoms with E-state index in [9.17, 15) is 9.59 Å². The molecule has 8 heteroatoms. The number of ether oxygens (including phenoxy) is 1. The first-order valence-corrected chi connectivity index (χ1v) is 12.7. The molecule has 0 bridgehead atoms. The third-order valence-corrected chi connectivity index (χ3v) is 5.57. The molecule has 1 heterocycles. The lowest BCUT2D eigenvalue weighted by Crippen LogP contribution is -2.57. The van der Waals surface area contributed by atoms with Gasteiger partial charge in [0.25, 0.3) is 0 Å². The number of hydrogen-bond donors (Lipinski definition) is 4. The minimum Gasteiger partial charge on any atom is -0.489 e. The number of aromatic nitrogens is 2. The molecule has 2 aromatic carbocycles. The minimum absolute atomic E-state index is 0.0870. The topological polar surface area (TPSA) is 108 Å². The molecule has 0 unspecified atom stereocenters. The number of benzene rings is 2. The molecule has 4 N–H and O–H groups in total. The summed E-state index contributed by atoms with van der Waals surface area (Å²) in [5, 5.41) is 9.29. The van der Waals surface area contributed by atoms with Gasteiger partial charge in [-0.1, -0.05) is 56.3 Å². The maximum Gasteiger partial charge on any atom is 0.243 e. The molecule has 0 saturated carbocycles. The summed E-state index contributed by atoms with van der Waals surface area (Å²) in [6.07, 6.45) is 4.08. The van der Waals surface area contributed by atoms with E-state index >= 15 is 0 Å². The van der Waals surface area contributed by atoms with Gasteiger partial charge in [-0.2, -0.15) is 0 Å². The molecule has 2 amide bonds. The highest BCUT2D eigenvalue weighted by Crippen LogP contribution is 2.16. The van der Waals surface area contributed by atoms with Crippen LogP contribution in [0.2, 0.25) is 0 Å². The van der Waals surface area contributed by atoms with Crippen molar-refractivity contribution in [2.75, 3.05) is 0 Å². The second-order valence-electron chi connectivity index (χ2n) is 10.6. The Labute approximate surface area is 219 Å². The van der Waals surface area contributed by atoms with E-state index in [1.165, 1.54) is 0 Å². The maximum absolute atomic E-state index is 13.3. The molecule has 0 aliphatic carbocycles. The average molecular weight is 506 g/mol. The van der Waals surface area contributed by atoms with E-state index in [0.29, 0.717) is 19.4 Å². The van der Waals surface area contributed by atoms with Crippen LogP contribution in [0.25, 0.3) is 0 Å². The van der Waals surface area contributed by atoms with Crippen molar-refractivity contribution in [3.05, 3.63) is 83.9 Å². The molecule has 3 rings (SSSR count). The highest BCUT2D eigenvalue weighted by atomic mass is 16.5. The van der Waals surface area contributed by atoms with Gasteiger partial charge in [0.05, 0.1) is 12.4 Å². The fraction of sp³-hybridized carbons (Fsp3) is 0.414. The Morgan fingerprint density at radius 2 is 1.62 bits per heavy atom. The van der Waals surface area contributed by atoms with Crippen LogP contribution in [0.4, 0.5) is 0 Å². The first-order valence-electron chi connectivity index (χ1n) is 12.7.